The third-order valence-corrected chi connectivity index (χ3v) is 2.15. The van der Waals surface area contributed by atoms with Gasteiger partial charge in [-0.25, -0.2) is 0 Å². The molecule has 0 amide bonds. The van der Waals surface area contributed by atoms with Crippen molar-refractivity contribution in [3.63, 3.8) is 0 Å². The summed E-state index contributed by atoms with van der Waals surface area (Å²) >= 11 is 0. The molecule has 0 aliphatic carbocycles. The van der Waals surface area contributed by atoms with Gasteiger partial charge in [0, 0.05) is 6.54 Å². The highest BCUT2D eigenvalue weighted by molar-refractivity contribution is 5.89. The number of benzene rings is 1. The van der Waals surface area contributed by atoms with Gasteiger partial charge in [-0.05, 0) is 5.56 Å². The van der Waals surface area contributed by atoms with Gasteiger partial charge in [-0.3, -0.25) is 4.99 Å². The van der Waals surface area contributed by atoms with E-state index in [1.54, 1.807) is 0 Å². The second-order valence-corrected chi connectivity index (χ2v) is 3.08. The predicted molar refractivity (Wildman–Crippen MR) is 53.7 cm³/mol. The molecule has 0 fully saturated rings. The molecule has 2 rings (SSSR count). The van der Waals surface area contributed by atoms with Crippen molar-refractivity contribution in [3.8, 4) is 0 Å². The summed E-state index contributed by atoms with van der Waals surface area (Å²) in [5.74, 6) is 0.909. The molecule has 1 unspecified atom stereocenters. The molecule has 3 heteroatoms. The second-order valence-electron chi connectivity index (χ2n) is 3.08. The number of nitrogens with two attached hydrogens (primary N) is 1. The normalized spacial score (nSPS) is 17.8. The molecule has 0 saturated heterocycles. The Morgan fingerprint density at radius 2 is 2.08 bits per heavy atom. The van der Waals surface area contributed by atoms with Crippen LogP contribution in [0.1, 0.15) is 11.6 Å². The van der Waals surface area contributed by atoms with Crippen molar-refractivity contribution in [3.05, 3.63) is 35.9 Å². The van der Waals surface area contributed by atoms with Crippen molar-refractivity contribution >= 4 is 5.84 Å². The SMILES string of the molecule is NC(C1=NCCN1)c1ccccc1. The standard InChI is InChI=1S/C10H13N3/c11-9(10-12-6-7-13-10)8-4-2-1-3-5-8/h1-5,9H,6-7,11H2,(H,12,13). The van der Waals surface area contributed by atoms with Gasteiger partial charge >= 0.3 is 0 Å². The van der Waals surface area contributed by atoms with Crippen LogP contribution in [0.4, 0.5) is 0 Å². The molecule has 68 valence electrons. The largest absolute Gasteiger partial charge is 0.370 e. The molecule has 0 bridgehead atoms. The fourth-order valence-electron chi connectivity index (χ4n) is 1.44. The molecular weight excluding hydrogens is 162 g/mol. The molecule has 3 nitrogen and oxygen atoms in total. The van der Waals surface area contributed by atoms with Crippen LogP contribution in [0.3, 0.4) is 0 Å². The van der Waals surface area contributed by atoms with Crippen LogP contribution in [0.25, 0.3) is 0 Å². The van der Waals surface area contributed by atoms with Gasteiger partial charge in [0.25, 0.3) is 0 Å². The molecule has 0 aromatic heterocycles. The average molecular weight is 175 g/mol. The molecule has 13 heavy (non-hydrogen) atoms. The zero-order chi connectivity index (χ0) is 9.10. The maximum atomic E-state index is 6.01. The molecule has 0 radical (unpaired) electrons. The van der Waals surface area contributed by atoms with Crippen LogP contribution in [0, 0.1) is 0 Å². The van der Waals surface area contributed by atoms with Crippen molar-refractivity contribution in [2.45, 2.75) is 6.04 Å². The quantitative estimate of drug-likeness (QED) is 0.694. The fraction of sp³-hybridized carbons (Fsp3) is 0.300. The highest BCUT2D eigenvalue weighted by Gasteiger charge is 2.15. The molecule has 1 atom stereocenters. The first kappa shape index (κ1) is 8.26. The van der Waals surface area contributed by atoms with Crippen LogP contribution in [0.5, 0.6) is 0 Å². The van der Waals surface area contributed by atoms with Crippen LogP contribution < -0.4 is 11.1 Å². The minimum atomic E-state index is -0.0938. The van der Waals surface area contributed by atoms with Crippen molar-refractivity contribution in [2.75, 3.05) is 13.1 Å². The van der Waals surface area contributed by atoms with Crippen molar-refractivity contribution < 1.29 is 0 Å². The van der Waals surface area contributed by atoms with E-state index < -0.39 is 0 Å². The first-order valence-electron chi connectivity index (χ1n) is 4.46. The van der Waals surface area contributed by atoms with E-state index in [1.165, 1.54) is 0 Å². The van der Waals surface area contributed by atoms with E-state index in [2.05, 4.69) is 10.3 Å². The molecule has 1 aliphatic heterocycles. The maximum Gasteiger partial charge on any atom is 0.118 e. The predicted octanol–water partition coefficient (Wildman–Crippen LogP) is 0.688. The van der Waals surface area contributed by atoms with Crippen LogP contribution in [-0.4, -0.2) is 18.9 Å². The summed E-state index contributed by atoms with van der Waals surface area (Å²) in [7, 11) is 0. The Balaban J connectivity index is 2.17. The Morgan fingerprint density at radius 3 is 2.69 bits per heavy atom. The van der Waals surface area contributed by atoms with Gasteiger partial charge in [0.05, 0.1) is 12.6 Å². The minimum Gasteiger partial charge on any atom is -0.370 e. The van der Waals surface area contributed by atoms with Gasteiger partial charge < -0.3 is 11.1 Å². The molecule has 3 N–H and O–H groups in total. The Bertz CT molecular complexity index is 305. The number of hydrogen-bond donors (Lipinski definition) is 2. The molecule has 0 saturated carbocycles. The van der Waals surface area contributed by atoms with Gasteiger partial charge in [-0.1, -0.05) is 30.3 Å². The van der Waals surface area contributed by atoms with Crippen LogP contribution in [0.15, 0.2) is 35.3 Å². The van der Waals surface area contributed by atoms with Gasteiger partial charge in [-0.15, -0.1) is 0 Å². The number of nitrogens with zero attached hydrogens (tertiary/aromatic N) is 1. The van der Waals surface area contributed by atoms with Gasteiger partial charge in [-0.2, -0.15) is 0 Å². The molecule has 1 aliphatic rings. The lowest BCUT2D eigenvalue weighted by Crippen LogP contribution is -2.30. The summed E-state index contributed by atoms with van der Waals surface area (Å²) in [5.41, 5.74) is 7.11. The maximum absolute atomic E-state index is 6.01. The lowest BCUT2D eigenvalue weighted by molar-refractivity contribution is 0.893. The summed E-state index contributed by atoms with van der Waals surface area (Å²) in [5, 5.41) is 3.18. The monoisotopic (exact) mass is 175 g/mol. The van der Waals surface area contributed by atoms with Gasteiger partial charge in [0.15, 0.2) is 0 Å². The van der Waals surface area contributed by atoms with Crippen LogP contribution >= 0.6 is 0 Å². The van der Waals surface area contributed by atoms with Gasteiger partial charge in [0.1, 0.15) is 5.84 Å². The van der Waals surface area contributed by atoms with E-state index in [4.69, 9.17) is 5.73 Å². The van der Waals surface area contributed by atoms with Crippen molar-refractivity contribution in [1.82, 2.24) is 5.32 Å². The lowest BCUT2D eigenvalue weighted by atomic mass is 10.1. The molecule has 0 spiro atoms. The zero-order valence-electron chi connectivity index (χ0n) is 7.40. The Hall–Kier alpha value is -1.35. The Kier molecular flexibility index (Phi) is 2.27. The summed E-state index contributed by atoms with van der Waals surface area (Å²) < 4.78 is 0. The Morgan fingerprint density at radius 1 is 1.31 bits per heavy atom. The first-order valence-corrected chi connectivity index (χ1v) is 4.46. The third kappa shape index (κ3) is 1.70. The highest BCUT2D eigenvalue weighted by atomic mass is 15.1. The van der Waals surface area contributed by atoms with E-state index in [1.807, 2.05) is 30.3 Å². The smallest absolute Gasteiger partial charge is 0.118 e. The number of rotatable bonds is 2. The number of nitrogens with one attached hydrogen (secondary N) is 1. The van der Waals surface area contributed by atoms with E-state index in [0.29, 0.717) is 0 Å². The number of hydrogen-bond acceptors (Lipinski definition) is 3. The Labute approximate surface area is 77.7 Å². The minimum absolute atomic E-state index is 0.0938. The summed E-state index contributed by atoms with van der Waals surface area (Å²) in [6.07, 6.45) is 0. The van der Waals surface area contributed by atoms with E-state index in [9.17, 15) is 0 Å². The van der Waals surface area contributed by atoms with E-state index in [0.717, 1.165) is 24.5 Å². The van der Waals surface area contributed by atoms with Gasteiger partial charge in [0.2, 0.25) is 0 Å². The summed E-state index contributed by atoms with van der Waals surface area (Å²) in [6.45, 7) is 1.76. The first-order chi connectivity index (χ1) is 6.38. The lowest BCUT2D eigenvalue weighted by Gasteiger charge is -2.11. The average Bonchev–Trinajstić information content (AvgIpc) is 2.71. The molecule has 1 aromatic rings. The second kappa shape index (κ2) is 3.58. The molecular formula is C10H13N3. The van der Waals surface area contributed by atoms with Crippen LogP contribution in [0.2, 0.25) is 0 Å². The topological polar surface area (TPSA) is 50.4 Å². The van der Waals surface area contributed by atoms with Crippen LogP contribution in [-0.2, 0) is 0 Å². The van der Waals surface area contributed by atoms with E-state index >= 15 is 0 Å². The number of amidine groups is 1. The van der Waals surface area contributed by atoms with Crippen molar-refractivity contribution in [2.24, 2.45) is 10.7 Å². The summed E-state index contributed by atoms with van der Waals surface area (Å²) in [6, 6.07) is 9.92. The number of aliphatic imine (C=N–C) groups is 1. The summed E-state index contributed by atoms with van der Waals surface area (Å²) in [4.78, 5) is 4.29. The highest BCUT2D eigenvalue weighted by Crippen LogP contribution is 2.11. The third-order valence-electron chi connectivity index (χ3n) is 2.15. The molecule has 1 aromatic carbocycles. The van der Waals surface area contributed by atoms with Crippen molar-refractivity contribution in [1.29, 1.82) is 0 Å². The fourth-order valence-corrected chi connectivity index (χ4v) is 1.44. The molecule has 1 heterocycles. The van der Waals surface area contributed by atoms with E-state index in [-0.39, 0.29) is 6.04 Å². The zero-order valence-corrected chi connectivity index (χ0v) is 7.40.